The van der Waals surface area contributed by atoms with Crippen molar-refractivity contribution in [2.45, 2.75) is 40.2 Å². The molecule has 4 aromatic rings. The van der Waals surface area contributed by atoms with E-state index in [0.717, 1.165) is 35.4 Å². The Hall–Kier alpha value is -3.93. The maximum atomic E-state index is 13.0. The summed E-state index contributed by atoms with van der Waals surface area (Å²) in [5.41, 5.74) is 7.44. The highest BCUT2D eigenvalue weighted by atomic mass is 16.4. The zero-order valence-corrected chi connectivity index (χ0v) is 18.9. The molecule has 0 spiro atoms. The van der Waals surface area contributed by atoms with Gasteiger partial charge in [0.25, 0.3) is 5.91 Å². The second-order valence-corrected chi connectivity index (χ2v) is 8.63. The Kier molecular flexibility index (Phi) is 5.21. The average molecular weight is 440 g/mol. The van der Waals surface area contributed by atoms with E-state index in [4.69, 9.17) is 9.52 Å². The van der Waals surface area contributed by atoms with Crippen LogP contribution >= 0.6 is 0 Å². The summed E-state index contributed by atoms with van der Waals surface area (Å²) in [5.74, 6) is 0.785. The van der Waals surface area contributed by atoms with Crippen LogP contribution in [0.4, 0.5) is 5.69 Å². The van der Waals surface area contributed by atoms with Crippen molar-refractivity contribution in [1.82, 2.24) is 9.78 Å². The van der Waals surface area contributed by atoms with Gasteiger partial charge in [-0.3, -0.25) is 14.3 Å². The highest BCUT2D eigenvalue weighted by Crippen LogP contribution is 2.38. The van der Waals surface area contributed by atoms with Gasteiger partial charge in [-0.15, -0.1) is 0 Å². The quantitative estimate of drug-likeness (QED) is 0.425. The van der Waals surface area contributed by atoms with Crippen molar-refractivity contribution < 1.29 is 14.0 Å². The van der Waals surface area contributed by atoms with Crippen LogP contribution in [0.25, 0.3) is 11.3 Å². The average Bonchev–Trinajstić information content (AvgIpc) is 3.36. The molecule has 0 aliphatic heterocycles. The first-order chi connectivity index (χ1) is 15.9. The maximum Gasteiger partial charge on any atom is 0.291 e. The Balaban J connectivity index is 1.40. The van der Waals surface area contributed by atoms with E-state index in [0.29, 0.717) is 23.6 Å². The lowest BCUT2D eigenvalue weighted by molar-refractivity contribution is 0.0992. The number of aryl methyl sites for hydroxylation is 3. The van der Waals surface area contributed by atoms with Gasteiger partial charge >= 0.3 is 0 Å². The molecule has 2 heterocycles. The Morgan fingerprint density at radius 3 is 2.45 bits per heavy atom. The van der Waals surface area contributed by atoms with Crippen LogP contribution in [-0.2, 0) is 19.4 Å². The minimum Gasteiger partial charge on any atom is -0.455 e. The van der Waals surface area contributed by atoms with Crippen LogP contribution in [0.15, 0.2) is 59.1 Å². The van der Waals surface area contributed by atoms with Crippen LogP contribution in [0.5, 0.6) is 0 Å². The molecular formula is C27H25N3O3. The van der Waals surface area contributed by atoms with Gasteiger partial charge < -0.3 is 9.73 Å². The van der Waals surface area contributed by atoms with Crippen LogP contribution in [0.2, 0.25) is 0 Å². The summed E-state index contributed by atoms with van der Waals surface area (Å²) in [5, 5.41) is 7.72. The molecule has 2 aromatic heterocycles. The summed E-state index contributed by atoms with van der Waals surface area (Å²) in [7, 11) is 0. The molecule has 0 saturated heterocycles. The molecule has 166 valence electrons. The van der Waals surface area contributed by atoms with Crippen LogP contribution in [0.3, 0.4) is 0 Å². The third-order valence-corrected chi connectivity index (χ3v) is 6.14. The van der Waals surface area contributed by atoms with Gasteiger partial charge in [0, 0.05) is 35.0 Å². The smallest absolute Gasteiger partial charge is 0.291 e. The van der Waals surface area contributed by atoms with Crippen molar-refractivity contribution in [3.63, 3.8) is 0 Å². The van der Waals surface area contributed by atoms with Crippen LogP contribution in [0, 0.1) is 13.8 Å². The van der Waals surface area contributed by atoms with E-state index in [1.54, 1.807) is 24.3 Å². The second kappa shape index (κ2) is 8.20. The number of carbonyl (C=O) groups excluding carboxylic acids is 2. The molecule has 0 bridgehead atoms. The van der Waals surface area contributed by atoms with E-state index in [1.165, 1.54) is 23.6 Å². The van der Waals surface area contributed by atoms with Crippen LogP contribution in [0.1, 0.15) is 55.9 Å². The zero-order chi connectivity index (χ0) is 23.1. The Morgan fingerprint density at radius 1 is 1.03 bits per heavy atom. The molecule has 5 rings (SSSR count). The summed E-state index contributed by atoms with van der Waals surface area (Å²) in [6.45, 7) is 6.20. The van der Waals surface area contributed by atoms with Gasteiger partial charge in [-0.1, -0.05) is 29.8 Å². The minimum atomic E-state index is -0.307. The van der Waals surface area contributed by atoms with Gasteiger partial charge in [0.1, 0.15) is 5.76 Å². The molecule has 0 radical (unpaired) electrons. The number of carbonyl (C=O) groups is 2. The number of aromatic nitrogens is 2. The highest BCUT2D eigenvalue weighted by molar-refractivity contribution is 6.05. The zero-order valence-electron chi connectivity index (χ0n) is 18.9. The normalized spacial score (nSPS) is 12.2. The lowest BCUT2D eigenvalue weighted by atomic mass is 9.93. The SMILES string of the molecule is CC(=O)c1ccc(NC(=O)c2oc3c(c2C)-c2nn(Cc4ccc(C)cc4)cc2CC3)cc1. The number of furan rings is 1. The van der Waals surface area contributed by atoms with E-state index < -0.39 is 0 Å². The number of fused-ring (bicyclic) bond motifs is 3. The van der Waals surface area contributed by atoms with E-state index >= 15 is 0 Å². The molecule has 33 heavy (non-hydrogen) atoms. The van der Waals surface area contributed by atoms with E-state index in [-0.39, 0.29) is 11.7 Å². The first-order valence-electron chi connectivity index (χ1n) is 11.1. The van der Waals surface area contributed by atoms with Gasteiger partial charge in [-0.25, -0.2) is 0 Å². The van der Waals surface area contributed by atoms with Crippen molar-refractivity contribution in [3.8, 4) is 11.3 Å². The van der Waals surface area contributed by atoms with Gasteiger partial charge in [-0.2, -0.15) is 5.10 Å². The van der Waals surface area contributed by atoms with Gasteiger partial charge in [0.05, 0.1) is 12.2 Å². The number of amides is 1. The molecule has 1 aliphatic carbocycles. The fourth-order valence-electron chi connectivity index (χ4n) is 4.32. The molecule has 1 aliphatic rings. The second-order valence-electron chi connectivity index (χ2n) is 8.63. The van der Waals surface area contributed by atoms with Gasteiger partial charge in [0.2, 0.25) is 0 Å². The monoisotopic (exact) mass is 439 g/mol. The number of nitrogens with one attached hydrogen (secondary N) is 1. The Bertz CT molecular complexity index is 1360. The number of ketones is 1. The molecule has 6 heteroatoms. The maximum absolute atomic E-state index is 13.0. The predicted molar refractivity (Wildman–Crippen MR) is 127 cm³/mol. The molecular weight excluding hydrogens is 414 g/mol. The largest absolute Gasteiger partial charge is 0.455 e. The number of hydrogen-bond acceptors (Lipinski definition) is 4. The number of benzene rings is 2. The fourth-order valence-corrected chi connectivity index (χ4v) is 4.32. The first kappa shape index (κ1) is 20.9. The molecule has 0 fully saturated rings. The minimum absolute atomic E-state index is 0.0138. The van der Waals surface area contributed by atoms with Crippen molar-refractivity contribution in [2.24, 2.45) is 0 Å². The first-order valence-corrected chi connectivity index (χ1v) is 11.1. The molecule has 0 atom stereocenters. The molecule has 1 amide bonds. The van der Waals surface area contributed by atoms with Crippen molar-refractivity contribution in [2.75, 3.05) is 5.32 Å². The van der Waals surface area contributed by atoms with Gasteiger partial charge in [0.15, 0.2) is 11.5 Å². The molecule has 0 unspecified atom stereocenters. The Morgan fingerprint density at radius 2 is 1.76 bits per heavy atom. The van der Waals surface area contributed by atoms with E-state index in [1.807, 2.05) is 11.6 Å². The fraction of sp³-hybridized carbons (Fsp3) is 0.222. The topological polar surface area (TPSA) is 77.1 Å². The summed E-state index contributed by atoms with van der Waals surface area (Å²) < 4.78 is 7.98. The van der Waals surface area contributed by atoms with Crippen molar-refractivity contribution in [3.05, 3.63) is 94.1 Å². The number of anilines is 1. The summed E-state index contributed by atoms with van der Waals surface area (Å²) >= 11 is 0. The van der Waals surface area contributed by atoms with Crippen molar-refractivity contribution >= 4 is 17.4 Å². The third-order valence-electron chi connectivity index (χ3n) is 6.14. The molecule has 6 nitrogen and oxygen atoms in total. The Labute approximate surface area is 192 Å². The molecule has 0 saturated carbocycles. The standard InChI is InChI=1S/C27H25N3O3/c1-16-4-6-19(7-5-16)14-30-15-21-10-13-23-24(25(21)29-30)17(2)26(33-23)27(32)28-22-11-8-20(9-12-22)18(3)31/h4-9,11-12,15H,10,13-14H2,1-3H3,(H,28,32). The van der Waals surface area contributed by atoms with Crippen LogP contribution in [-0.4, -0.2) is 21.5 Å². The summed E-state index contributed by atoms with van der Waals surface area (Å²) in [6.07, 6.45) is 3.66. The van der Waals surface area contributed by atoms with E-state index in [2.05, 4.69) is 42.7 Å². The number of nitrogens with zero attached hydrogens (tertiary/aromatic N) is 2. The number of rotatable bonds is 5. The summed E-state index contributed by atoms with van der Waals surface area (Å²) in [6, 6.07) is 15.3. The summed E-state index contributed by atoms with van der Waals surface area (Å²) in [4.78, 5) is 24.4. The predicted octanol–water partition coefficient (Wildman–Crippen LogP) is 5.36. The van der Waals surface area contributed by atoms with E-state index in [9.17, 15) is 9.59 Å². The molecule has 2 aromatic carbocycles. The lowest BCUT2D eigenvalue weighted by Crippen LogP contribution is -2.12. The highest BCUT2D eigenvalue weighted by Gasteiger charge is 2.29. The van der Waals surface area contributed by atoms with Crippen LogP contribution < -0.4 is 5.32 Å². The van der Waals surface area contributed by atoms with Gasteiger partial charge in [-0.05, 0) is 62.6 Å². The molecule has 1 N–H and O–H groups in total. The van der Waals surface area contributed by atoms with Crippen molar-refractivity contribution in [1.29, 1.82) is 0 Å². The lowest BCUT2D eigenvalue weighted by Gasteiger charge is -2.09. The number of Topliss-reactive ketones (excluding diaryl/α,β-unsaturated/α-hetero) is 1. The number of hydrogen-bond donors (Lipinski definition) is 1. The third kappa shape index (κ3) is 4.00.